The summed E-state index contributed by atoms with van der Waals surface area (Å²) in [5.41, 5.74) is 0.597. The Labute approximate surface area is 183 Å². The van der Waals surface area contributed by atoms with E-state index in [0.29, 0.717) is 5.54 Å². The van der Waals surface area contributed by atoms with E-state index in [9.17, 15) is 0 Å². The van der Waals surface area contributed by atoms with Crippen molar-refractivity contribution in [3.63, 3.8) is 0 Å². The number of nitrogens with zero attached hydrogens (tertiary/aromatic N) is 1. The molecule has 3 nitrogen and oxygen atoms in total. The van der Waals surface area contributed by atoms with E-state index in [4.69, 9.17) is 8.85 Å². The molecule has 1 unspecified atom stereocenters. The zero-order chi connectivity index (χ0) is 19.7. The van der Waals surface area contributed by atoms with Crippen LogP contribution in [0.15, 0.2) is 0 Å². The number of unbranched alkanes of at least 4 members (excludes halogenated alkanes) is 9. The van der Waals surface area contributed by atoms with Crippen LogP contribution < -0.4 is 17.0 Å². The Morgan fingerprint density at radius 1 is 0.704 bits per heavy atom. The Balaban J connectivity index is 0. The fourth-order valence-electron chi connectivity index (χ4n) is 3.53. The van der Waals surface area contributed by atoms with Gasteiger partial charge in [0.2, 0.25) is 0 Å². The summed E-state index contributed by atoms with van der Waals surface area (Å²) in [6.45, 7) is 12.9. The van der Waals surface area contributed by atoms with Crippen LogP contribution >= 0.6 is 0 Å². The summed E-state index contributed by atoms with van der Waals surface area (Å²) in [6, 6.07) is 0. The molecule has 0 spiro atoms. The molecule has 0 fully saturated rings. The predicted octanol–water partition coefficient (Wildman–Crippen LogP) is 3.06. The summed E-state index contributed by atoms with van der Waals surface area (Å²) in [5, 5.41) is 0. The summed E-state index contributed by atoms with van der Waals surface area (Å²) in [7, 11) is 3.29. The van der Waals surface area contributed by atoms with E-state index in [1.54, 1.807) is 0 Å². The van der Waals surface area contributed by atoms with Gasteiger partial charge in [-0.3, -0.25) is 0 Å². The highest BCUT2D eigenvalue weighted by Crippen LogP contribution is 2.19. The molecule has 166 valence electrons. The highest BCUT2D eigenvalue weighted by Gasteiger charge is 2.24. The molecular weight excluding hydrogens is 418 g/mol. The second-order valence-electron chi connectivity index (χ2n) is 8.61. The molecule has 0 radical (unpaired) electrons. The Morgan fingerprint density at radius 3 is 1.59 bits per heavy atom. The van der Waals surface area contributed by atoms with Crippen molar-refractivity contribution in [1.82, 2.24) is 0 Å². The van der Waals surface area contributed by atoms with Gasteiger partial charge in [-0.05, 0) is 26.7 Å². The van der Waals surface area contributed by atoms with Crippen LogP contribution in [0.4, 0.5) is 0 Å². The predicted molar refractivity (Wildman–Crippen MR) is 118 cm³/mol. The van der Waals surface area contributed by atoms with Crippen LogP contribution in [0.3, 0.4) is 0 Å². The summed E-state index contributed by atoms with van der Waals surface area (Å²) in [6.07, 6.45) is 15.4. The summed E-state index contributed by atoms with van der Waals surface area (Å²) >= 11 is 0. The molecular formula is C22H50BrNO2Si. The fraction of sp³-hybridized carbons (Fsp3) is 1.00. The van der Waals surface area contributed by atoms with E-state index in [2.05, 4.69) is 41.8 Å². The van der Waals surface area contributed by atoms with Gasteiger partial charge in [-0.2, -0.15) is 0 Å². The van der Waals surface area contributed by atoms with Crippen LogP contribution in [0, 0.1) is 0 Å². The quantitative estimate of drug-likeness (QED) is 0.165. The fourth-order valence-corrected chi connectivity index (χ4v) is 5.37. The maximum atomic E-state index is 5.89. The maximum absolute atomic E-state index is 5.89. The van der Waals surface area contributed by atoms with Crippen LogP contribution in [-0.4, -0.2) is 54.2 Å². The lowest BCUT2D eigenvalue weighted by Gasteiger charge is -2.32. The van der Waals surface area contributed by atoms with Crippen LogP contribution in [-0.2, 0) is 8.85 Å². The average Bonchev–Trinajstić information content (AvgIpc) is 2.61. The first-order chi connectivity index (χ1) is 12.5. The number of hydrogen-bond donors (Lipinski definition) is 0. The van der Waals surface area contributed by atoms with Gasteiger partial charge in [0.15, 0.2) is 0 Å². The van der Waals surface area contributed by atoms with Crippen molar-refractivity contribution in [2.75, 3.05) is 40.4 Å². The molecule has 0 aromatic carbocycles. The first kappa shape index (κ1) is 29.8. The SMILES string of the molecule is CCCCCCCCCCCC[N+](C)(C)CCC(C)[SiH](OCC)OCC.[Br-]. The maximum Gasteiger partial charge on any atom is 0.324 e. The monoisotopic (exact) mass is 467 g/mol. The van der Waals surface area contributed by atoms with Crippen LogP contribution in [0.2, 0.25) is 5.54 Å². The van der Waals surface area contributed by atoms with Gasteiger partial charge in [-0.1, -0.05) is 65.2 Å². The lowest BCUT2D eigenvalue weighted by molar-refractivity contribution is -0.890. The van der Waals surface area contributed by atoms with E-state index < -0.39 is 9.28 Å². The lowest BCUT2D eigenvalue weighted by atomic mass is 10.1. The van der Waals surface area contributed by atoms with Gasteiger partial charge in [0.05, 0.1) is 27.2 Å². The van der Waals surface area contributed by atoms with E-state index in [1.807, 2.05) is 0 Å². The molecule has 0 heterocycles. The highest BCUT2D eigenvalue weighted by atomic mass is 79.9. The number of halogens is 1. The first-order valence-electron chi connectivity index (χ1n) is 11.5. The standard InChI is InChI=1S/C22H50NO2Si.BrH/c1-7-10-11-12-13-14-15-16-17-18-20-23(5,6)21-19-22(4)26(24-8-2)25-9-3;/h22,26H,7-21H2,1-6H3;1H/q+1;/p-1. The Morgan fingerprint density at radius 2 is 1.15 bits per heavy atom. The summed E-state index contributed by atoms with van der Waals surface area (Å²) in [4.78, 5) is 0. The molecule has 27 heavy (non-hydrogen) atoms. The van der Waals surface area contributed by atoms with Gasteiger partial charge >= 0.3 is 9.28 Å². The van der Waals surface area contributed by atoms with Crippen molar-refractivity contribution >= 4 is 9.28 Å². The minimum atomic E-state index is -1.48. The van der Waals surface area contributed by atoms with E-state index in [0.717, 1.165) is 17.7 Å². The summed E-state index contributed by atoms with van der Waals surface area (Å²) < 4.78 is 12.9. The molecule has 0 saturated heterocycles. The van der Waals surface area contributed by atoms with Crippen LogP contribution in [0.25, 0.3) is 0 Å². The van der Waals surface area contributed by atoms with Crippen molar-refractivity contribution in [2.45, 2.75) is 104 Å². The molecule has 0 aliphatic carbocycles. The first-order valence-corrected chi connectivity index (χ1v) is 13.1. The zero-order valence-corrected chi connectivity index (χ0v) is 22.1. The molecule has 0 aromatic heterocycles. The van der Waals surface area contributed by atoms with Gasteiger partial charge in [0, 0.05) is 25.2 Å². The van der Waals surface area contributed by atoms with Gasteiger partial charge in [-0.15, -0.1) is 0 Å². The van der Waals surface area contributed by atoms with Crippen molar-refractivity contribution < 1.29 is 30.3 Å². The third kappa shape index (κ3) is 18.4. The number of rotatable bonds is 19. The minimum Gasteiger partial charge on any atom is -1.00 e. The molecule has 0 N–H and O–H groups in total. The number of hydrogen-bond acceptors (Lipinski definition) is 2. The Kier molecular flexibility index (Phi) is 21.9. The molecule has 0 saturated carbocycles. The van der Waals surface area contributed by atoms with Crippen molar-refractivity contribution in [1.29, 1.82) is 0 Å². The lowest BCUT2D eigenvalue weighted by Crippen LogP contribution is -3.00. The molecule has 0 aromatic rings. The van der Waals surface area contributed by atoms with Gasteiger partial charge < -0.3 is 30.3 Å². The smallest absolute Gasteiger partial charge is 0.324 e. The van der Waals surface area contributed by atoms with Crippen molar-refractivity contribution in [3.05, 3.63) is 0 Å². The zero-order valence-electron chi connectivity index (χ0n) is 19.4. The minimum absolute atomic E-state index is 0. The highest BCUT2D eigenvalue weighted by molar-refractivity contribution is 6.46. The molecule has 1 atom stereocenters. The van der Waals surface area contributed by atoms with Gasteiger partial charge in [0.1, 0.15) is 0 Å². The average molecular weight is 469 g/mol. The molecule has 0 bridgehead atoms. The molecule has 0 aliphatic rings. The topological polar surface area (TPSA) is 18.5 Å². The molecule has 0 rings (SSSR count). The third-order valence-corrected chi connectivity index (χ3v) is 8.02. The van der Waals surface area contributed by atoms with Gasteiger partial charge in [-0.25, -0.2) is 0 Å². The van der Waals surface area contributed by atoms with Crippen molar-refractivity contribution in [2.24, 2.45) is 0 Å². The second kappa shape index (κ2) is 19.9. The Hall–Kier alpha value is 0.577. The second-order valence-corrected chi connectivity index (χ2v) is 11.2. The van der Waals surface area contributed by atoms with E-state index in [-0.39, 0.29) is 17.0 Å². The van der Waals surface area contributed by atoms with E-state index in [1.165, 1.54) is 83.7 Å². The molecule has 5 heteroatoms. The van der Waals surface area contributed by atoms with Crippen LogP contribution in [0.5, 0.6) is 0 Å². The number of quaternary nitrogens is 1. The normalized spacial score (nSPS) is 13.0. The Bertz CT molecular complexity index is 300. The molecule has 0 amide bonds. The summed E-state index contributed by atoms with van der Waals surface area (Å²) in [5.74, 6) is 0. The van der Waals surface area contributed by atoms with Crippen LogP contribution in [0.1, 0.15) is 98.3 Å². The van der Waals surface area contributed by atoms with Gasteiger partial charge in [0.25, 0.3) is 0 Å². The largest absolute Gasteiger partial charge is 1.00 e. The van der Waals surface area contributed by atoms with E-state index >= 15 is 0 Å². The molecule has 0 aliphatic heterocycles. The third-order valence-electron chi connectivity index (χ3n) is 5.43. The van der Waals surface area contributed by atoms with Crippen molar-refractivity contribution in [3.8, 4) is 0 Å².